The Labute approximate surface area is 184 Å². The Morgan fingerprint density at radius 2 is 1.90 bits per heavy atom. The summed E-state index contributed by atoms with van der Waals surface area (Å²) < 4.78 is 0. The summed E-state index contributed by atoms with van der Waals surface area (Å²) in [4.78, 5) is 0. The first kappa shape index (κ1) is 23.5. The van der Waals surface area contributed by atoms with E-state index in [4.69, 9.17) is 0 Å². The maximum atomic E-state index is 10.5. The number of fused-ring (bicyclic) bond motifs is 1. The van der Waals surface area contributed by atoms with Gasteiger partial charge in [0.2, 0.25) is 0 Å². The number of rotatable bonds is 5. The van der Waals surface area contributed by atoms with E-state index in [1.165, 1.54) is 37.7 Å². The molecule has 168 valence electrons. The fraction of sp³-hybridized carbons (Fsp3) is 0.714. The fourth-order valence-corrected chi connectivity index (χ4v) is 6.41. The minimum absolute atomic E-state index is 0.151. The maximum absolute atomic E-state index is 10.5. The highest BCUT2D eigenvalue weighted by molar-refractivity contribution is 5.27. The molecule has 3 aliphatic rings. The molecule has 0 saturated heterocycles. The van der Waals surface area contributed by atoms with Gasteiger partial charge >= 0.3 is 0 Å². The molecule has 0 aromatic rings. The SMILES string of the molecule is C=C(C)[C@](C)(O)/C=C/C(C)[C@H]1CCC2/C(=C\C=C3/C[C@@H](O)CCC3C)CCCC21C. The van der Waals surface area contributed by atoms with Crippen molar-refractivity contribution in [3.63, 3.8) is 0 Å². The van der Waals surface area contributed by atoms with Gasteiger partial charge in [0.15, 0.2) is 0 Å². The van der Waals surface area contributed by atoms with Crippen molar-refractivity contribution in [2.75, 3.05) is 0 Å². The predicted octanol–water partition coefficient (Wildman–Crippen LogP) is 6.76. The summed E-state index contributed by atoms with van der Waals surface area (Å²) in [5.41, 5.74) is 3.29. The number of hydrogen-bond acceptors (Lipinski definition) is 2. The van der Waals surface area contributed by atoms with Gasteiger partial charge in [0.25, 0.3) is 0 Å². The van der Waals surface area contributed by atoms with Crippen molar-refractivity contribution in [3.8, 4) is 0 Å². The first-order valence-electron chi connectivity index (χ1n) is 12.2. The van der Waals surface area contributed by atoms with Crippen molar-refractivity contribution in [1.29, 1.82) is 0 Å². The molecule has 3 rings (SSSR count). The molecule has 0 aromatic carbocycles. The molecule has 3 fully saturated rings. The molecule has 2 nitrogen and oxygen atoms in total. The zero-order valence-corrected chi connectivity index (χ0v) is 20.0. The molecule has 0 heterocycles. The van der Waals surface area contributed by atoms with Gasteiger partial charge in [0, 0.05) is 0 Å². The molecule has 0 amide bonds. The zero-order chi connectivity index (χ0) is 22.1. The summed E-state index contributed by atoms with van der Waals surface area (Å²) in [5.74, 6) is 2.39. The third-order valence-corrected chi connectivity index (χ3v) is 8.81. The standard InChI is InChI=1S/C28H44O2/c1-19(2)28(6,30)17-15-21(4)25-13-14-26-22(8-7-16-27(25,26)5)10-11-23-18-24(29)12-9-20(23)3/h10-11,15,17,20-21,24-26,29-30H,1,7-9,12-14,16,18H2,2-6H3/b17-15+,22-10-,23-11+/t20?,21?,24-,25+,26?,27?,28+/m0/s1. The average molecular weight is 413 g/mol. The molecule has 0 aliphatic heterocycles. The van der Waals surface area contributed by atoms with Crippen LogP contribution in [-0.4, -0.2) is 21.9 Å². The molecule has 0 radical (unpaired) electrons. The van der Waals surface area contributed by atoms with E-state index in [2.05, 4.69) is 45.6 Å². The molecule has 0 bridgehead atoms. The second kappa shape index (κ2) is 9.17. The highest BCUT2D eigenvalue weighted by atomic mass is 16.3. The van der Waals surface area contributed by atoms with Crippen LogP contribution in [0.2, 0.25) is 0 Å². The van der Waals surface area contributed by atoms with Gasteiger partial charge in [0.1, 0.15) is 5.60 Å². The van der Waals surface area contributed by atoms with Crippen LogP contribution in [0.25, 0.3) is 0 Å². The van der Waals surface area contributed by atoms with E-state index in [1.54, 1.807) is 5.57 Å². The first-order chi connectivity index (χ1) is 14.0. The van der Waals surface area contributed by atoms with E-state index in [1.807, 2.05) is 19.9 Å². The number of aliphatic hydroxyl groups excluding tert-OH is 1. The second-order valence-electron chi connectivity index (χ2n) is 11.1. The Morgan fingerprint density at radius 3 is 2.60 bits per heavy atom. The monoisotopic (exact) mass is 412 g/mol. The molecule has 2 N–H and O–H groups in total. The molecule has 0 aromatic heterocycles. The fourth-order valence-electron chi connectivity index (χ4n) is 6.41. The van der Waals surface area contributed by atoms with Gasteiger partial charge in [-0.15, -0.1) is 0 Å². The van der Waals surface area contributed by atoms with Crippen molar-refractivity contribution < 1.29 is 10.2 Å². The zero-order valence-electron chi connectivity index (χ0n) is 20.0. The number of aliphatic hydroxyl groups is 2. The highest BCUT2D eigenvalue weighted by Crippen LogP contribution is 2.59. The lowest BCUT2D eigenvalue weighted by atomic mass is 9.61. The molecule has 0 spiro atoms. The maximum Gasteiger partial charge on any atom is 0.100 e. The third-order valence-electron chi connectivity index (χ3n) is 8.81. The smallest absolute Gasteiger partial charge is 0.100 e. The normalized spacial score (nSPS) is 40.5. The molecule has 2 heteroatoms. The van der Waals surface area contributed by atoms with Crippen LogP contribution < -0.4 is 0 Å². The van der Waals surface area contributed by atoms with Gasteiger partial charge in [0.05, 0.1) is 6.10 Å². The van der Waals surface area contributed by atoms with Gasteiger partial charge in [-0.05, 0) is 99.9 Å². The Bertz CT molecular complexity index is 725. The summed E-state index contributed by atoms with van der Waals surface area (Å²) in [7, 11) is 0. The van der Waals surface area contributed by atoms with Gasteiger partial charge < -0.3 is 10.2 Å². The van der Waals surface area contributed by atoms with Crippen LogP contribution in [0.1, 0.15) is 86.0 Å². The lowest BCUT2D eigenvalue weighted by Crippen LogP contribution is -2.35. The van der Waals surface area contributed by atoms with Gasteiger partial charge in [-0.2, -0.15) is 0 Å². The van der Waals surface area contributed by atoms with Crippen molar-refractivity contribution in [2.45, 2.75) is 97.7 Å². The summed E-state index contributed by atoms with van der Waals surface area (Å²) in [6.45, 7) is 14.8. The number of hydrogen-bond donors (Lipinski definition) is 2. The third kappa shape index (κ3) is 4.86. The summed E-state index contributed by atoms with van der Waals surface area (Å²) in [5, 5.41) is 20.6. The van der Waals surface area contributed by atoms with Crippen LogP contribution >= 0.6 is 0 Å². The topological polar surface area (TPSA) is 40.5 Å². The van der Waals surface area contributed by atoms with Crippen LogP contribution in [0.3, 0.4) is 0 Å². The van der Waals surface area contributed by atoms with Crippen LogP contribution in [0.5, 0.6) is 0 Å². The van der Waals surface area contributed by atoms with Crippen LogP contribution in [0.4, 0.5) is 0 Å². The molecular formula is C28H44O2. The molecule has 30 heavy (non-hydrogen) atoms. The van der Waals surface area contributed by atoms with E-state index in [0.717, 1.165) is 24.8 Å². The quantitative estimate of drug-likeness (QED) is 0.490. The highest BCUT2D eigenvalue weighted by Gasteiger charge is 2.50. The molecular weight excluding hydrogens is 368 g/mol. The van der Waals surface area contributed by atoms with Gasteiger partial charge in [-0.3, -0.25) is 0 Å². The van der Waals surface area contributed by atoms with Crippen molar-refractivity contribution in [2.24, 2.45) is 29.1 Å². The van der Waals surface area contributed by atoms with Gasteiger partial charge in [-0.1, -0.05) is 62.8 Å². The van der Waals surface area contributed by atoms with E-state index in [9.17, 15) is 10.2 Å². The van der Waals surface area contributed by atoms with E-state index < -0.39 is 5.60 Å². The van der Waals surface area contributed by atoms with E-state index in [0.29, 0.717) is 29.1 Å². The number of allylic oxidation sites excluding steroid dienone is 4. The minimum Gasteiger partial charge on any atom is -0.393 e. The van der Waals surface area contributed by atoms with E-state index >= 15 is 0 Å². The Kier molecular flexibility index (Phi) is 7.19. The largest absolute Gasteiger partial charge is 0.393 e. The van der Waals surface area contributed by atoms with Crippen molar-refractivity contribution in [3.05, 3.63) is 47.6 Å². The summed E-state index contributed by atoms with van der Waals surface area (Å²) in [6.07, 6.45) is 18.1. The lowest BCUT2D eigenvalue weighted by Gasteiger charge is -2.44. The summed E-state index contributed by atoms with van der Waals surface area (Å²) >= 11 is 0. The Hall–Kier alpha value is -1.12. The molecule has 4 unspecified atom stereocenters. The van der Waals surface area contributed by atoms with Crippen LogP contribution in [0.15, 0.2) is 47.6 Å². The predicted molar refractivity (Wildman–Crippen MR) is 127 cm³/mol. The lowest BCUT2D eigenvalue weighted by molar-refractivity contribution is 0.110. The molecule has 3 aliphatic carbocycles. The second-order valence-corrected chi connectivity index (χ2v) is 11.1. The first-order valence-corrected chi connectivity index (χ1v) is 12.2. The summed E-state index contributed by atoms with van der Waals surface area (Å²) in [6, 6.07) is 0. The van der Waals surface area contributed by atoms with Crippen LogP contribution in [-0.2, 0) is 0 Å². The molecule has 3 saturated carbocycles. The van der Waals surface area contributed by atoms with E-state index in [-0.39, 0.29) is 6.10 Å². The van der Waals surface area contributed by atoms with Gasteiger partial charge in [-0.25, -0.2) is 0 Å². The van der Waals surface area contributed by atoms with Crippen LogP contribution in [0, 0.1) is 29.1 Å². The van der Waals surface area contributed by atoms with Crippen molar-refractivity contribution >= 4 is 0 Å². The average Bonchev–Trinajstić information content (AvgIpc) is 3.04. The Morgan fingerprint density at radius 1 is 1.20 bits per heavy atom. The van der Waals surface area contributed by atoms with Crippen molar-refractivity contribution in [1.82, 2.24) is 0 Å². The molecule has 7 atom stereocenters. The Balaban J connectivity index is 1.76. The minimum atomic E-state index is -0.918.